The van der Waals surface area contributed by atoms with E-state index in [4.69, 9.17) is 0 Å². The Hall–Kier alpha value is -1.65. The summed E-state index contributed by atoms with van der Waals surface area (Å²) < 4.78 is 70.4. The molecule has 25 heavy (non-hydrogen) atoms. The van der Waals surface area contributed by atoms with Crippen molar-refractivity contribution in [3.63, 3.8) is 0 Å². The molecule has 0 saturated carbocycles. The summed E-state index contributed by atoms with van der Waals surface area (Å²) in [6.07, 6.45) is -3.74. The first-order valence-corrected chi connectivity index (χ1v) is 9.02. The first-order chi connectivity index (χ1) is 11.6. The lowest BCUT2D eigenvalue weighted by Crippen LogP contribution is -2.43. The van der Waals surface area contributed by atoms with Crippen molar-refractivity contribution in [2.24, 2.45) is 0 Å². The minimum absolute atomic E-state index is 0.180. The van der Waals surface area contributed by atoms with Gasteiger partial charge in [-0.2, -0.15) is 17.5 Å². The van der Waals surface area contributed by atoms with Crippen LogP contribution in [0, 0.1) is 0 Å². The molecule has 1 aromatic carbocycles. The maximum Gasteiger partial charge on any atom is 0.417 e. The average molecular weight is 380 g/mol. The van der Waals surface area contributed by atoms with Crippen LogP contribution in [0.25, 0.3) is 0 Å². The number of piperidine rings is 1. The highest BCUT2D eigenvalue weighted by Gasteiger charge is 2.38. The zero-order chi connectivity index (χ0) is 18.8. The summed E-state index contributed by atoms with van der Waals surface area (Å²) in [7, 11) is -1.34. The van der Waals surface area contributed by atoms with Gasteiger partial charge in [-0.15, -0.1) is 0 Å². The van der Waals surface area contributed by atoms with E-state index < -0.39 is 38.2 Å². The number of nitrogens with zero attached hydrogens (tertiary/aromatic N) is 1. The number of nitrogens with one attached hydrogen (secondary N) is 1. The molecular formula is C15H19F3N2O4S. The second-order valence-corrected chi connectivity index (χ2v) is 7.60. The SMILES string of the molecule is CNC1CCN(S(=O)(=O)c2ccc(C(=O)OC)c(C(F)(F)F)c2)CC1. The zero-order valence-electron chi connectivity index (χ0n) is 13.8. The quantitative estimate of drug-likeness (QED) is 0.807. The summed E-state index contributed by atoms with van der Waals surface area (Å²) >= 11 is 0. The number of ether oxygens (including phenoxy) is 1. The van der Waals surface area contributed by atoms with Crippen molar-refractivity contribution in [3.8, 4) is 0 Å². The van der Waals surface area contributed by atoms with Crippen LogP contribution in [-0.2, 0) is 20.9 Å². The van der Waals surface area contributed by atoms with Gasteiger partial charge in [-0.25, -0.2) is 13.2 Å². The minimum Gasteiger partial charge on any atom is -0.465 e. The Morgan fingerprint density at radius 1 is 1.28 bits per heavy atom. The highest BCUT2D eigenvalue weighted by atomic mass is 32.2. The molecule has 1 aliphatic rings. The molecule has 2 rings (SSSR count). The van der Waals surface area contributed by atoms with Crippen molar-refractivity contribution in [2.45, 2.75) is 30.0 Å². The molecule has 0 unspecified atom stereocenters. The van der Waals surface area contributed by atoms with Crippen molar-refractivity contribution in [1.82, 2.24) is 9.62 Å². The Morgan fingerprint density at radius 3 is 2.36 bits per heavy atom. The van der Waals surface area contributed by atoms with Gasteiger partial charge in [0.1, 0.15) is 0 Å². The van der Waals surface area contributed by atoms with E-state index in [9.17, 15) is 26.4 Å². The van der Waals surface area contributed by atoms with Crippen molar-refractivity contribution in [3.05, 3.63) is 29.3 Å². The fraction of sp³-hybridized carbons (Fsp3) is 0.533. The van der Waals surface area contributed by atoms with Gasteiger partial charge in [-0.05, 0) is 38.1 Å². The largest absolute Gasteiger partial charge is 0.465 e. The fourth-order valence-corrected chi connectivity index (χ4v) is 4.24. The number of rotatable bonds is 4. The Morgan fingerprint density at radius 2 is 1.88 bits per heavy atom. The molecule has 0 amide bonds. The summed E-state index contributed by atoms with van der Waals surface area (Å²) in [6.45, 7) is 0.432. The third-order valence-corrected chi connectivity index (χ3v) is 6.10. The zero-order valence-corrected chi connectivity index (χ0v) is 14.6. The second-order valence-electron chi connectivity index (χ2n) is 5.66. The predicted octanol–water partition coefficient (Wildman–Crippen LogP) is 1.86. The van der Waals surface area contributed by atoms with Crippen LogP contribution < -0.4 is 5.32 Å². The van der Waals surface area contributed by atoms with Gasteiger partial charge >= 0.3 is 12.1 Å². The molecule has 1 aliphatic heterocycles. The molecule has 1 aromatic rings. The van der Waals surface area contributed by atoms with Gasteiger partial charge in [0.2, 0.25) is 10.0 Å². The lowest BCUT2D eigenvalue weighted by molar-refractivity contribution is -0.138. The fourth-order valence-electron chi connectivity index (χ4n) is 2.74. The Kier molecular flexibility index (Phi) is 5.75. The molecule has 0 atom stereocenters. The predicted molar refractivity (Wildman–Crippen MR) is 83.6 cm³/mol. The van der Waals surface area contributed by atoms with Crippen LogP contribution in [0.2, 0.25) is 0 Å². The van der Waals surface area contributed by atoms with Crippen LogP contribution in [0.15, 0.2) is 23.1 Å². The topological polar surface area (TPSA) is 75.7 Å². The number of carbonyl (C=O) groups excluding carboxylic acids is 1. The normalized spacial score (nSPS) is 17.5. The van der Waals surface area contributed by atoms with E-state index in [2.05, 4.69) is 10.1 Å². The third-order valence-electron chi connectivity index (χ3n) is 4.20. The summed E-state index contributed by atoms with van der Waals surface area (Å²) in [5.74, 6) is -1.17. The number of esters is 1. The van der Waals surface area contributed by atoms with E-state index in [1.54, 1.807) is 7.05 Å². The standard InChI is InChI=1S/C15H19F3N2O4S/c1-19-10-5-7-20(8-6-10)25(22,23)11-3-4-12(14(21)24-2)13(9-11)15(16,17)18/h3-4,9-10,19H,5-8H2,1-2H3. The lowest BCUT2D eigenvalue weighted by Gasteiger charge is -2.31. The molecule has 140 valence electrons. The molecule has 1 saturated heterocycles. The smallest absolute Gasteiger partial charge is 0.417 e. The molecule has 0 aliphatic carbocycles. The van der Waals surface area contributed by atoms with Crippen LogP contribution in [0.4, 0.5) is 13.2 Å². The molecule has 0 aromatic heterocycles. The van der Waals surface area contributed by atoms with Gasteiger partial charge in [0.05, 0.1) is 23.1 Å². The highest BCUT2D eigenvalue weighted by Crippen LogP contribution is 2.34. The van der Waals surface area contributed by atoms with Crippen LogP contribution in [-0.4, -0.2) is 52.0 Å². The van der Waals surface area contributed by atoms with Crippen molar-refractivity contribution < 1.29 is 31.1 Å². The van der Waals surface area contributed by atoms with Gasteiger partial charge in [0.25, 0.3) is 0 Å². The first kappa shape index (κ1) is 19.7. The second kappa shape index (κ2) is 7.30. The van der Waals surface area contributed by atoms with Gasteiger partial charge in [-0.1, -0.05) is 0 Å². The van der Waals surface area contributed by atoms with E-state index in [1.807, 2.05) is 0 Å². The molecule has 0 radical (unpaired) electrons. The Balaban J connectivity index is 2.40. The Labute approximate surface area is 144 Å². The minimum atomic E-state index is -4.88. The van der Waals surface area contributed by atoms with Crippen molar-refractivity contribution in [2.75, 3.05) is 27.2 Å². The molecular weight excluding hydrogens is 361 g/mol. The maximum atomic E-state index is 13.2. The first-order valence-electron chi connectivity index (χ1n) is 7.58. The number of benzene rings is 1. The highest BCUT2D eigenvalue weighted by molar-refractivity contribution is 7.89. The molecule has 0 spiro atoms. The molecule has 6 nitrogen and oxygen atoms in total. The number of methoxy groups -OCH3 is 1. The summed E-state index contributed by atoms with van der Waals surface area (Å²) in [5.41, 5.74) is -2.05. The van der Waals surface area contributed by atoms with Crippen molar-refractivity contribution >= 4 is 16.0 Å². The summed E-state index contributed by atoms with van der Waals surface area (Å²) in [4.78, 5) is 11.0. The van der Waals surface area contributed by atoms with Crippen LogP contribution in [0.1, 0.15) is 28.8 Å². The molecule has 1 fully saturated rings. The molecule has 10 heteroatoms. The van der Waals surface area contributed by atoms with Crippen LogP contribution in [0.5, 0.6) is 0 Å². The van der Waals surface area contributed by atoms with E-state index in [0.29, 0.717) is 18.9 Å². The number of hydrogen-bond donors (Lipinski definition) is 1. The summed E-state index contributed by atoms with van der Waals surface area (Å²) in [6, 6.07) is 2.51. The third kappa shape index (κ3) is 4.13. The number of sulfonamides is 1. The maximum absolute atomic E-state index is 13.2. The van der Waals surface area contributed by atoms with Gasteiger partial charge in [0, 0.05) is 19.1 Å². The number of hydrogen-bond acceptors (Lipinski definition) is 5. The summed E-state index contributed by atoms with van der Waals surface area (Å²) in [5, 5.41) is 3.05. The number of alkyl halides is 3. The van der Waals surface area contributed by atoms with Crippen molar-refractivity contribution in [1.29, 1.82) is 0 Å². The van der Waals surface area contributed by atoms with E-state index in [0.717, 1.165) is 23.5 Å². The Bertz CT molecular complexity index is 742. The lowest BCUT2D eigenvalue weighted by atomic mass is 10.1. The molecule has 1 N–H and O–H groups in total. The average Bonchev–Trinajstić information content (AvgIpc) is 2.59. The van der Waals surface area contributed by atoms with Crippen LogP contribution >= 0.6 is 0 Å². The molecule has 0 bridgehead atoms. The van der Waals surface area contributed by atoms with E-state index in [-0.39, 0.29) is 19.1 Å². The van der Waals surface area contributed by atoms with E-state index in [1.165, 1.54) is 0 Å². The molecule has 1 heterocycles. The van der Waals surface area contributed by atoms with E-state index >= 15 is 0 Å². The monoisotopic (exact) mass is 380 g/mol. The number of carbonyl (C=O) groups is 1. The van der Waals surface area contributed by atoms with Gasteiger partial charge in [0.15, 0.2) is 0 Å². The van der Waals surface area contributed by atoms with Gasteiger partial charge < -0.3 is 10.1 Å². The van der Waals surface area contributed by atoms with Crippen LogP contribution in [0.3, 0.4) is 0 Å². The van der Waals surface area contributed by atoms with Gasteiger partial charge in [-0.3, -0.25) is 0 Å². The number of halogens is 3.